The van der Waals surface area contributed by atoms with Gasteiger partial charge in [0.05, 0.1) is 6.04 Å². The molecule has 0 heterocycles. The van der Waals surface area contributed by atoms with Crippen LogP contribution in [-0.4, -0.2) is 75.7 Å². The van der Waals surface area contributed by atoms with E-state index in [1.165, 1.54) is 12.1 Å². The molecule has 10 N–H and O–H groups in total. The Morgan fingerprint density at radius 1 is 0.872 bits per heavy atom. The Hall–Kier alpha value is -3.71. The van der Waals surface area contributed by atoms with Crippen molar-refractivity contribution in [2.75, 3.05) is 6.54 Å². The lowest BCUT2D eigenvalue weighted by atomic mass is 9.98. The molecule has 0 fully saturated rings. The van der Waals surface area contributed by atoms with Gasteiger partial charge in [-0.15, -0.1) is 0 Å². The molecule has 1 aromatic carbocycles. The molecule has 0 aliphatic rings. The van der Waals surface area contributed by atoms with Crippen molar-refractivity contribution in [3.8, 4) is 5.75 Å². The number of unbranched alkanes of at least 4 members (excludes halogenated alkanes) is 1. The quantitative estimate of drug-likeness (QED) is 0.112. The second kappa shape index (κ2) is 17.0. The largest absolute Gasteiger partial charge is 0.508 e. The number of phenolic OH excluding ortho intramolecular Hbond substituents is 1. The first-order valence-electron chi connectivity index (χ1n) is 13.0. The van der Waals surface area contributed by atoms with E-state index in [0.29, 0.717) is 31.4 Å². The van der Waals surface area contributed by atoms with E-state index < -0.39 is 53.8 Å². The molecule has 0 radical (unpaired) electrons. The van der Waals surface area contributed by atoms with Crippen LogP contribution < -0.4 is 27.4 Å². The number of carbonyl (C=O) groups excluding carboxylic acids is 3. The predicted molar refractivity (Wildman–Crippen MR) is 142 cm³/mol. The monoisotopic (exact) mass is 551 g/mol. The van der Waals surface area contributed by atoms with Crippen molar-refractivity contribution in [3.63, 3.8) is 0 Å². The molecule has 0 aromatic heterocycles. The van der Waals surface area contributed by atoms with Gasteiger partial charge in [-0.2, -0.15) is 0 Å². The van der Waals surface area contributed by atoms with Crippen LogP contribution in [0.3, 0.4) is 0 Å². The maximum atomic E-state index is 13.3. The van der Waals surface area contributed by atoms with Gasteiger partial charge < -0.3 is 42.7 Å². The van der Waals surface area contributed by atoms with Crippen LogP contribution in [0.15, 0.2) is 24.3 Å². The van der Waals surface area contributed by atoms with Crippen LogP contribution in [0, 0.1) is 5.92 Å². The molecule has 5 unspecified atom stereocenters. The van der Waals surface area contributed by atoms with E-state index in [9.17, 15) is 34.2 Å². The van der Waals surface area contributed by atoms with Crippen LogP contribution in [0.4, 0.5) is 0 Å². The minimum Gasteiger partial charge on any atom is -0.508 e. The van der Waals surface area contributed by atoms with Gasteiger partial charge in [-0.1, -0.05) is 32.4 Å². The summed E-state index contributed by atoms with van der Waals surface area (Å²) >= 11 is 0. The molecule has 39 heavy (non-hydrogen) atoms. The number of nitrogens with one attached hydrogen (secondary N) is 3. The number of rotatable bonds is 18. The van der Waals surface area contributed by atoms with Gasteiger partial charge in [0.2, 0.25) is 17.7 Å². The number of aromatic hydroxyl groups is 1. The Bertz CT molecular complexity index is 972. The van der Waals surface area contributed by atoms with Gasteiger partial charge in [0, 0.05) is 12.8 Å². The van der Waals surface area contributed by atoms with Crippen molar-refractivity contribution in [3.05, 3.63) is 29.8 Å². The number of nitrogens with two attached hydrogens (primary N) is 2. The van der Waals surface area contributed by atoms with E-state index >= 15 is 0 Å². The number of benzene rings is 1. The van der Waals surface area contributed by atoms with Crippen LogP contribution in [-0.2, 0) is 30.4 Å². The molecule has 13 heteroatoms. The van der Waals surface area contributed by atoms with E-state index in [1.54, 1.807) is 26.0 Å². The fraction of sp³-hybridized carbons (Fsp3) is 0.577. The molecule has 3 amide bonds. The SMILES string of the molecule is CCC(C)C(NC(=O)C(Cc1ccc(O)cc1)NC(=O)C(CCCCN)NC(=O)C(N)CCC(=O)O)C(=O)O. The fourth-order valence-corrected chi connectivity index (χ4v) is 3.74. The summed E-state index contributed by atoms with van der Waals surface area (Å²) in [5.74, 6) is -4.84. The average molecular weight is 552 g/mol. The number of aliphatic carboxylic acids is 2. The number of phenols is 1. The lowest BCUT2D eigenvalue weighted by Gasteiger charge is -2.26. The molecule has 0 saturated carbocycles. The molecule has 218 valence electrons. The first kappa shape index (κ1) is 33.3. The smallest absolute Gasteiger partial charge is 0.326 e. The summed E-state index contributed by atoms with van der Waals surface area (Å²) in [6.45, 7) is 3.83. The molecule has 0 aliphatic heterocycles. The molecule has 13 nitrogen and oxygen atoms in total. The third-order valence-corrected chi connectivity index (χ3v) is 6.37. The van der Waals surface area contributed by atoms with E-state index in [2.05, 4.69) is 16.0 Å². The summed E-state index contributed by atoms with van der Waals surface area (Å²) in [6, 6.07) is 1.31. The van der Waals surface area contributed by atoms with Crippen LogP contribution in [0.25, 0.3) is 0 Å². The molecule has 1 aromatic rings. The molecule has 0 bridgehead atoms. The van der Waals surface area contributed by atoms with Gasteiger partial charge in [-0.25, -0.2) is 4.79 Å². The van der Waals surface area contributed by atoms with Crippen molar-refractivity contribution in [2.24, 2.45) is 17.4 Å². The Labute approximate surface area is 227 Å². The zero-order valence-corrected chi connectivity index (χ0v) is 22.4. The van der Waals surface area contributed by atoms with E-state index in [-0.39, 0.29) is 37.4 Å². The van der Waals surface area contributed by atoms with Gasteiger partial charge in [0.15, 0.2) is 0 Å². The maximum Gasteiger partial charge on any atom is 0.326 e. The number of carboxylic acid groups (broad SMARTS) is 2. The minimum atomic E-state index is -1.21. The molecular formula is C26H41N5O8. The zero-order chi connectivity index (χ0) is 29.5. The first-order chi connectivity index (χ1) is 18.4. The molecule has 0 aliphatic carbocycles. The Morgan fingerprint density at radius 2 is 1.46 bits per heavy atom. The topological polar surface area (TPSA) is 234 Å². The second-order valence-corrected chi connectivity index (χ2v) is 9.53. The highest BCUT2D eigenvalue weighted by Crippen LogP contribution is 2.14. The van der Waals surface area contributed by atoms with Crippen molar-refractivity contribution in [1.29, 1.82) is 0 Å². The lowest BCUT2D eigenvalue weighted by molar-refractivity contribution is -0.144. The Kier molecular flexibility index (Phi) is 14.5. The van der Waals surface area contributed by atoms with Crippen LogP contribution in [0.5, 0.6) is 5.75 Å². The van der Waals surface area contributed by atoms with Crippen molar-refractivity contribution >= 4 is 29.7 Å². The molecule has 1 rings (SSSR count). The highest BCUT2D eigenvalue weighted by molar-refractivity contribution is 5.94. The summed E-state index contributed by atoms with van der Waals surface area (Å²) in [5.41, 5.74) is 11.9. The van der Waals surface area contributed by atoms with Crippen molar-refractivity contribution < 1.29 is 39.3 Å². The summed E-state index contributed by atoms with van der Waals surface area (Å²) in [6.07, 6.45) is 1.24. The summed E-state index contributed by atoms with van der Waals surface area (Å²) in [7, 11) is 0. The average Bonchev–Trinajstić information content (AvgIpc) is 2.89. The van der Waals surface area contributed by atoms with Gasteiger partial charge in [-0.05, 0) is 55.8 Å². The van der Waals surface area contributed by atoms with Crippen LogP contribution >= 0.6 is 0 Å². The van der Waals surface area contributed by atoms with E-state index in [0.717, 1.165) is 0 Å². The lowest BCUT2D eigenvalue weighted by Crippen LogP contribution is -2.58. The zero-order valence-electron chi connectivity index (χ0n) is 22.4. The number of hydrogen-bond acceptors (Lipinski definition) is 8. The summed E-state index contributed by atoms with van der Waals surface area (Å²) in [5, 5.41) is 35.7. The maximum absolute atomic E-state index is 13.3. The third kappa shape index (κ3) is 12.1. The number of amides is 3. The van der Waals surface area contributed by atoms with E-state index in [1.807, 2.05) is 0 Å². The van der Waals surface area contributed by atoms with Gasteiger partial charge in [0.25, 0.3) is 0 Å². The molecular weight excluding hydrogens is 510 g/mol. The van der Waals surface area contributed by atoms with Gasteiger partial charge in [-0.3, -0.25) is 19.2 Å². The third-order valence-electron chi connectivity index (χ3n) is 6.37. The predicted octanol–water partition coefficient (Wildman–Crippen LogP) is -0.159. The Morgan fingerprint density at radius 3 is 2.00 bits per heavy atom. The molecule has 0 spiro atoms. The normalized spacial score (nSPS) is 14.8. The highest BCUT2D eigenvalue weighted by Gasteiger charge is 2.32. The number of carbonyl (C=O) groups is 5. The standard InChI is InChI=1S/C26H41N5O8/c1-3-15(2)22(26(38)39)31-25(37)20(14-16-7-9-17(32)10-8-16)30-24(36)19(6-4-5-13-27)29-23(35)18(28)11-12-21(33)34/h7-10,15,18-20,22,32H,3-6,11-14,27-28H2,1-2H3,(H,29,35)(H,30,36)(H,31,37)(H,33,34)(H,38,39). The van der Waals surface area contributed by atoms with Gasteiger partial charge >= 0.3 is 11.9 Å². The van der Waals surface area contributed by atoms with Crippen LogP contribution in [0.1, 0.15) is 57.9 Å². The van der Waals surface area contributed by atoms with Crippen molar-refractivity contribution in [2.45, 2.75) is 83.0 Å². The van der Waals surface area contributed by atoms with Crippen molar-refractivity contribution in [1.82, 2.24) is 16.0 Å². The molecule has 0 saturated heterocycles. The number of carboxylic acids is 2. The Balaban J connectivity index is 3.16. The minimum absolute atomic E-state index is 0.00779. The van der Waals surface area contributed by atoms with Crippen LogP contribution in [0.2, 0.25) is 0 Å². The molecule has 5 atom stereocenters. The van der Waals surface area contributed by atoms with Gasteiger partial charge in [0.1, 0.15) is 23.9 Å². The first-order valence-corrected chi connectivity index (χ1v) is 13.0. The highest BCUT2D eigenvalue weighted by atomic mass is 16.4. The fourth-order valence-electron chi connectivity index (χ4n) is 3.74. The van der Waals surface area contributed by atoms with E-state index in [4.69, 9.17) is 16.6 Å². The summed E-state index contributed by atoms with van der Waals surface area (Å²) < 4.78 is 0. The second-order valence-electron chi connectivity index (χ2n) is 9.53. The number of hydrogen-bond donors (Lipinski definition) is 8. The summed E-state index contributed by atoms with van der Waals surface area (Å²) in [4.78, 5) is 61.7.